The molecule has 1 heterocycles. The van der Waals surface area contributed by atoms with Crippen LogP contribution in [0.2, 0.25) is 0 Å². The SMILES string of the molecule is CC1(C)C2CCC1(C)C(c1c(F)c(F)c(F)c3c1C(=O)N(F)C3=O)C2. The van der Waals surface area contributed by atoms with Crippen LogP contribution in [0.5, 0.6) is 0 Å². The van der Waals surface area contributed by atoms with Gasteiger partial charge in [0, 0.05) is 5.56 Å². The van der Waals surface area contributed by atoms with Gasteiger partial charge in [-0.1, -0.05) is 25.3 Å². The summed E-state index contributed by atoms with van der Waals surface area (Å²) in [5, 5.41) is -0.767. The number of nitrogens with zero attached hydrogens (tertiary/aromatic N) is 1. The lowest BCUT2D eigenvalue weighted by Gasteiger charge is -2.40. The predicted octanol–water partition coefficient (Wildman–Crippen LogP) is 4.51. The maximum Gasteiger partial charge on any atom is 0.293 e. The van der Waals surface area contributed by atoms with E-state index in [1.807, 2.05) is 20.8 Å². The fourth-order valence-corrected chi connectivity index (χ4v) is 5.36. The molecule has 2 aliphatic carbocycles. The van der Waals surface area contributed by atoms with Gasteiger partial charge in [0.1, 0.15) is 0 Å². The molecule has 25 heavy (non-hydrogen) atoms. The summed E-state index contributed by atoms with van der Waals surface area (Å²) in [6.45, 7) is 6.01. The Hall–Kier alpha value is -1.92. The van der Waals surface area contributed by atoms with Gasteiger partial charge in [-0.05, 0) is 41.9 Å². The van der Waals surface area contributed by atoms with Crippen LogP contribution in [0.3, 0.4) is 0 Å². The van der Waals surface area contributed by atoms with Gasteiger partial charge in [-0.3, -0.25) is 9.59 Å². The fraction of sp³-hybridized carbons (Fsp3) is 0.556. The first-order chi connectivity index (χ1) is 11.5. The third kappa shape index (κ3) is 1.67. The van der Waals surface area contributed by atoms with Gasteiger partial charge in [-0.25, -0.2) is 13.2 Å². The number of halogens is 4. The van der Waals surface area contributed by atoms with E-state index in [-0.39, 0.29) is 16.9 Å². The smallest absolute Gasteiger partial charge is 0.266 e. The number of imide groups is 1. The normalized spacial score (nSPS) is 32.7. The summed E-state index contributed by atoms with van der Waals surface area (Å²) in [5.74, 6) is -8.45. The maximum atomic E-state index is 14.7. The molecule has 3 atom stereocenters. The highest BCUT2D eigenvalue weighted by Crippen LogP contribution is 2.71. The van der Waals surface area contributed by atoms with Crippen LogP contribution < -0.4 is 0 Å². The van der Waals surface area contributed by atoms with Gasteiger partial charge in [0.25, 0.3) is 11.8 Å². The zero-order valence-electron chi connectivity index (χ0n) is 14.1. The summed E-state index contributed by atoms with van der Waals surface area (Å²) in [6.07, 6.45) is 2.16. The highest BCUT2D eigenvalue weighted by Gasteiger charge is 2.63. The monoisotopic (exact) mass is 355 g/mol. The minimum atomic E-state index is -1.82. The molecule has 1 aromatic rings. The minimum Gasteiger partial charge on any atom is -0.266 e. The van der Waals surface area contributed by atoms with Crippen LogP contribution in [0.15, 0.2) is 0 Å². The summed E-state index contributed by atoms with van der Waals surface area (Å²) >= 11 is 0. The van der Waals surface area contributed by atoms with Crippen molar-refractivity contribution >= 4 is 11.8 Å². The molecular formula is C18H17F4NO2. The second kappa shape index (κ2) is 4.62. The average Bonchev–Trinajstić information content (AvgIpc) is 3.00. The first-order valence-corrected chi connectivity index (χ1v) is 8.29. The van der Waals surface area contributed by atoms with Crippen molar-refractivity contribution in [1.29, 1.82) is 0 Å². The van der Waals surface area contributed by atoms with Gasteiger partial charge in [0.15, 0.2) is 17.5 Å². The molecule has 2 saturated carbocycles. The number of fused-ring (bicyclic) bond motifs is 3. The van der Waals surface area contributed by atoms with Crippen molar-refractivity contribution in [3.63, 3.8) is 0 Å². The molecule has 3 aliphatic rings. The molecule has 1 aromatic carbocycles. The number of hydrogen-bond acceptors (Lipinski definition) is 2. The van der Waals surface area contributed by atoms with Gasteiger partial charge >= 0.3 is 0 Å². The number of hydrogen-bond donors (Lipinski definition) is 0. The second-order valence-electron chi connectivity index (χ2n) is 8.16. The van der Waals surface area contributed by atoms with E-state index in [0.29, 0.717) is 6.42 Å². The first-order valence-electron chi connectivity index (χ1n) is 8.29. The van der Waals surface area contributed by atoms with E-state index < -0.39 is 56.8 Å². The lowest BCUT2D eigenvalue weighted by Crippen LogP contribution is -2.32. The predicted molar refractivity (Wildman–Crippen MR) is 79.9 cm³/mol. The number of amides is 2. The van der Waals surface area contributed by atoms with E-state index in [1.54, 1.807) is 0 Å². The van der Waals surface area contributed by atoms with Crippen molar-refractivity contribution in [2.45, 2.75) is 46.0 Å². The molecule has 1 aliphatic heterocycles. The molecule has 2 bridgehead atoms. The molecule has 0 spiro atoms. The van der Waals surface area contributed by atoms with E-state index in [4.69, 9.17) is 0 Å². The summed E-state index contributed by atoms with van der Waals surface area (Å²) in [4.78, 5) is 24.0. The van der Waals surface area contributed by atoms with Crippen LogP contribution in [0.25, 0.3) is 0 Å². The Balaban J connectivity index is 2.02. The maximum absolute atomic E-state index is 14.7. The number of carbonyl (C=O) groups excluding carboxylic acids is 2. The largest absolute Gasteiger partial charge is 0.293 e. The number of carbonyl (C=O) groups is 2. The third-order valence-electron chi connectivity index (χ3n) is 7.29. The zero-order valence-corrected chi connectivity index (χ0v) is 14.1. The van der Waals surface area contributed by atoms with E-state index >= 15 is 0 Å². The van der Waals surface area contributed by atoms with Crippen molar-refractivity contribution in [2.24, 2.45) is 16.7 Å². The minimum absolute atomic E-state index is 0.192. The molecule has 2 fully saturated rings. The first kappa shape index (κ1) is 16.5. The van der Waals surface area contributed by atoms with Crippen molar-refractivity contribution in [1.82, 2.24) is 5.12 Å². The molecule has 3 unspecified atom stereocenters. The lowest BCUT2D eigenvalue weighted by molar-refractivity contribution is 0.0226. The number of rotatable bonds is 1. The van der Waals surface area contributed by atoms with Crippen LogP contribution in [-0.2, 0) is 0 Å². The Morgan fingerprint density at radius 3 is 2.08 bits per heavy atom. The summed E-state index contributed by atoms with van der Waals surface area (Å²) in [6, 6.07) is 0. The van der Waals surface area contributed by atoms with Crippen LogP contribution in [0, 0.1) is 34.2 Å². The molecular weight excluding hydrogens is 338 g/mol. The molecule has 4 rings (SSSR count). The standard InChI is InChI=1S/C18H17F4NO2/c1-17(2)7-4-5-18(17,3)8(6-7)9-10-11(13(20)14(21)12(9)19)16(25)23(22)15(10)24/h7-8H,4-6H2,1-3H3. The van der Waals surface area contributed by atoms with E-state index in [9.17, 15) is 27.2 Å². The van der Waals surface area contributed by atoms with Crippen LogP contribution >= 0.6 is 0 Å². The molecule has 0 aromatic heterocycles. The van der Waals surface area contributed by atoms with E-state index in [2.05, 4.69) is 0 Å². The molecule has 134 valence electrons. The molecule has 2 amide bonds. The van der Waals surface area contributed by atoms with Crippen molar-refractivity contribution < 1.29 is 27.2 Å². The number of benzene rings is 1. The molecule has 0 N–H and O–H groups in total. The van der Waals surface area contributed by atoms with Crippen LogP contribution in [-0.4, -0.2) is 16.9 Å². The topological polar surface area (TPSA) is 37.4 Å². The van der Waals surface area contributed by atoms with Gasteiger partial charge < -0.3 is 0 Å². The van der Waals surface area contributed by atoms with Crippen LogP contribution in [0.1, 0.15) is 72.2 Å². The lowest BCUT2D eigenvalue weighted by atomic mass is 9.64. The van der Waals surface area contributed by atoms with Gasteiger partial charge in [-0.2, -0.15) is 0 Å². The Morgan fingerprint density at radius 1 is 0.960 bits per heavy atom. The van der Waals surface area contributed by atoms with Crippen molar-refractivity contribution in [3.8, 4) is 0 Å². The highest BCUT2D eigenvalue weighted by molar-refractivity contribution is 6.21. The van der Waals surface area contributed by atoms with Crippen molar-refractivity contribution in [3.05, 3.63) is 34.1 Å². The van der Waals surface area contributed by atoms with Gasteiger partial charge in [-0.15, -0.1) is 5.12 Å². The van der Waals surface area contributed by atoms with Gasteiger partial charge in [0.05, 0.1) is 11.1 Å². The Labute approximate surface area is 141 Å². The Kier molecular flexibility index (Phi) is 3.06. The molecule has 0 saturated heterocycles. The Bertz CT molecular complexity index is 850. The summed E-state index contributed by atoms with van der Waals surface area (Å²) in [7, 11) is 0. The third-order valence-corrected chi connectivity index (χ3v) is 7.29. The quantitative estimate of drug-likeness (QED) is 0.322. The van der Waals surface area contributed by atoms with E-state index in [0.717, 1.165) is 12.8 Å². The molecule has 0 radical (unpaired) electrons. The Morgan fingerprint density at radius 2 is 1.56 bits per heavy atom. The van der Waals surface area contributed by atoms with Gasteiger partial charge in [0.2, 0.25) is 0 Å². The average molecular weight is 355 g/mol. The second-order valence-corrected chi connectivity index (χ2v) is 8.16. The summed E-state index contributed by atoms with van der Waals surface area (Å²) < 4.78 is 56.7. The fourth-order valence-electron chi connectivity index (χ4n) is 5.36. The molecule has 3 nitrogen and oxygen atoms in total. The highest BCUT2D eigenvalue weighted by atomic mass is 19.2. The van der Waals surface area contributed by atoms with Crippen LogP contribution in [0.4, 0.5) is 17.7 Å². The summed E-state index contributed by atoms with van der Waals surface area (Å²) in [5.41, 5.74) is -2.64. The van der Waals surface area contributed by atoms with Crippen molar-refractivity contribution in [2.75, 3.05) is 0 Å². The molecule has 7 heteroatoms. The van der Waals surface area contributed by atoms with E-state index in [1.165, 1.54) is 0 Å². The zero-order chi connectivity index (χ0) is 18.5.